The van der Waals surface area contributed by atoms with Crippen molar-refractivity contribution in [2.75, 3.05) is 10.6 Å². The molecule has 0 aliphatic rings. The number of anilines is 4. The van der Waals surface area contributed by atoms with E-state index in [1.54, 1.807) is 29.5 Å². The summed E-state index contributed by atoms with van der Waals surface area (Å²) in [6.07, 6.45) is 7.15. The zero-order chi connectivity index (χ0) is 34.1. The summed E-state index contributed by atoms with van der Waals surface area (Å²) in [5.74, 6) is 3.13. The lowest BCUT2D eigenvalue weighted by atomic mass is 10.1. The third-order valence-electron chi connectivity index (χ3n) is 7.86. The van der Waals surface area contributed by atoms with Gasteiger partial charge in [0.15, 0.2) is 5.82 Å². The van der Waals surface area contributed by atoms with Gasteiger partial charge in [-0.25, -0.2) is 9.97 Å². The van der Waals surface area contributed by atoms with Crippen molar-refractivity contribution in [3.05, 3.63) is 158 Å². The standard InChI is InChI=1S/2C20H17N5.2H2/c1-25-18(17-9-5-6-11-21-17)14-20(24-25)23-19-13-16(10-12-22-19)15-7-3-2-4-8-15;1-25-20(14-18(24-25)17-9-5-6-11-21-17)23-19-13-16(10-12-22-19)15-7-3-2-4-8-15;;/h2-14H,1H3,(H,22,23,24);2-14H,1H3,(H,22,23);2*1H. The Morgan fingerprint density at radius 3 is 1.56 bits per heavy atom. The average Bonchev–Trinajstić information content (AvgIpc) is 3.74. The van der Waals surface area contributed by atoms with Crippen molar-refractivity contribution >= 4 is 23.3 Å². The van der Waals surface area contributed by atoms with E-state index in [1.807, 2.05) is 128 Å². The minimum Gasteiger partial charge on any atom is -0.325 e. The summed E-state index contributed by atoms with van der Waals surface area (Å²) in [6, 6.07) is 44.1. The highest BCUT2D eigenvalue weighted by Crippen LogP contribution is 2.26. The SMILES string of the molecule is Cn1nc(-c2ccccn2)cc1Nc1cc(-c2ccccc2)ccn1.Cn1nc(Nc2cc(-c3ccccc3)ccn2)cc1-c1ccccn1.[HH].[HH]. The summed E-state index contributed by atoms with van der Waals surface area (Å²) in [5, 5.41) is 15.6. The van der Waals surface area contributed by atoms with Crippen LogP contribution in [0.1, 0.15) is 2.85 Å². The fourth-order valence-electron chi connectivity index (χ4n) is 5.39. The minimum atomic E-state index is 0. The lowest BCUT2D eigenvalue weighted by molar-refractivity contribution is 0.776. The molecule has 0 saturated heterocycles. The van der Waals surface area contributed by atoms with Crippen LogP contribution in [0.2, 0.25) is 0 Å². The van der Waals surface area contributed by atoms with E-state index in [2.05, 4.69) is 65.0 Å². The molecule has 6 aromatic heterocycles. The second-order valence-electron chi connectivity index (χ2n) is 11.3. The molecule has 0 saturated carbocycles. The van der Waals surface area contributed by atoms with E-state index in [1.165, 1.54) is 0 Å². The highest BCUT2D eigenvalue weighted by molar-refractivity contribution is 5.70. The van der Waals surface area contributed by atoms with Gasteiger partial charge < -0.3 is 10.6 Å². The van der Waals surface area contributed by atoms with Crippen LogP contribution in [0.4, 0.5) is 23.3 Å². The van der Waals surface area contributed by atoms with Crippen LogP contribution >= 0.6 is 0 Å². The van der Waals surface area contributed by atoms with Crippen LogP contribution in [0.25, 0.3) is 45.0 Å². The summed E-state index contributed by atoms with van der Waals surface area (Å²) < 4.78 is 3.60. The first-order chi connectivity index (χ1) is 24.6. The summed E-state index contributed by atoms with van der Waals surface area (Å²) >= 11 is 0. The van der Waals surface area contributed by atoms with E-state index in [9.17, 15) is 0 Å². The van der Waals surface area contributed by atoms with Gasteiger partial charge in [0.05, 0.1) is 17.1 Å². The number of nitrogens with zero attached hydrogens (tertiary/aromatic N) is 8. The average molecular weight is 659 g/mol. The topological polar surface area (TPSA) is 111 Å². The number of hydrogen-bond acceptors (Lipinski definition) is 8. The van der Waals surface area contributed by atoms with Crippen molar-refractivity contribution in [3.63, 3.8) is 0 Å². The van der Waals surface area contributed by atoms with E-state index >= 15 is 0 Å². The maximum Gasteiger partial charge on any atom is 0.154 e. The lowest BCUT2D eigenvalue weighted by Gasteiger charge is -2.07. The molecule has 10 heteroatoms. The predicted octanol–water partition coefficient (Wildman–Crippen LogP) is 9.07. The minimum absolute atomic E-state index is 0. The molecule has 50 heavy (non-hydrogen) atoms. The second kappa shape index (κ2) is 14.9. The van der Waals surface area contributed by atoms with Crippen LogP contribution in [0, 0.1) is 0 Å². The molecule has 0 bridgehead atoms. The largest absolute Gasteiger partial charge is 0.325 e. The molecule has 10 nitrogen and oxygen atoms in total. The third-order valence-corrected chi connectivity index (χ3v) is 7.86. The number of aromatic nitrogens is 8. The summed E-state index contributed by atoms with van der Waals surface area (Å²) in [5.41, 5.74) is 8.04. The molecular weight excluding hydrogens is 621 g/mol. The van der Waals surface area contributed by atoms with Gasteiger partial charge in [0.25, 0.3) is 0 Å². The monoisotopic (exact) mass is 658 g/mol. The van der Waals surface area contributed by atoms with Crippen LogP contribution in [0.3, 0.4) is 0 Å². The van der Waals surface area contributed by atoms with Gasteiger partial charge in [0.2, 0.25) is 0 Å². The Balaban J connectivity index is 0.000000194. The molecule has 0 atom stereocenters. The molecule has 0 radical (unpaired) electrons. The Morgan fingerprint density at radius 1 is 0.420 bits per heavy atom. The molecule has 2 aromatic carbocycles. The molecule has 0 fully saturated rings. The first kappa shape index (κ1) is 31.6. The highest BCUT2D eigenvalue weighted by Gasteiger charge is 2.11. The fraction of sp³-hybridized carbons (Fsp3) is 0.0500. The number of benzene rings is 2. The predicted molar refractivity (Wildman–Crippen MR) is 203 cm³/mol. The van der Waals surface area contributed by atoms with Crippen molar-refractivity contribution in [2.45, 2.75) is 0 Å². The van der Waals surface area contributed by atoms with Gasteiger partial charge >= 0.3 is 0 Å². The molecule has 8 rings (SSSR count). The zero-order valence-electron chi connectivity index (χ0n) is 27.6. The highest BCUT2D eigenvalue weighted by atomic mass is 15.3. The Kier molecular flexibility index (Phi) is 9.41. The van der Waals surface area contributed by atoms with Gasteiger partial charge in [0.1, 0.15) is 23.1 Å². The van der Waals surface area contributed by atoms with E-state index in [4.69, 9.17) is 0 Å². The van der Waals surface area contributed by atoms with E-state index in [0.717, 1.165) is 68.3 Å². The molecule has 0 spiro atoms. The van der Waals surface area contributed by atoms with Gasteiger partial charge in [0, 0.05) is 53.9 Å². The molecule has 0 aliphatic heterocycles. The van der Waals surface area contributed by atoms with E-state index in [0.29, 0.717) is 0 Å². The van der Waals surface area contributed by atoms with Crippen molar-refractivity contribution in [1.29, 1.82) is 0 Å². The second-order valence-corrected chi connectivity index (χ2v) is 11.3. The van der Waals surface area contributed by atoms with Crippen LogP contribution in [0.5, 0.6) is 0 Å². The Labute approximate surface area is 293 Å². The summed E-state index contributed by atoms with van der Waals surface area (Å²) in [6.45, 7) is 0. The molecule has 2 N–H and O–H groups in total. The number of nitrogens with one attached hydrogen (secondary N) is 2. The van der Waals surface area contributed by atoms with Crippen LogP contribution in [-0.2, 0) is 14.1 Å². The van der Waals surface area contributed by atoms with Crippen molar-refractivity contribution in [2.24, 2.45) is 14.1 Å². The molecule has 0 aliphatic carbocycles. The molecule has 0 amide bonds. The van der Waals surface area contributed by atoms with Gasteiger partial charge in [-0.3, -0.25) is 19.3 Å². The van der Waals surface area contributed by atoms with Gasteiger partial charge in [-0.05, 0) is 70.8 Å². The molecule has 6 heterocycles. The first-order valence-electron chi connectivity index (χ1n) is 16.1. The number of hydrogen-bond donors (Lipinski definition) is 2. The molecule has 8 aromatic rings. The maximum atomic E-state index is 4.52. The summed E-state index contributed by atoms with van der Waals surface area (Å²) in [4.78, 5) is 17.5. The lowest BCUT2D eigenvalue weighted by Crippen LogP contribution is -2.00. The first-order valence-corrected chi connectivity index (χ1v) is 16.1. The summed E-state index contributed by atoms with van der Waals surface area (Å²) in [7, 11) is 3.80. The molecule has 248 valence electrons. The van der Waals surface area contributed by atoms with Gasteiger partial charge in [-0.15, -0.1) is 0 Å². The molecule has 0 unspecified atom stereocenters. The van der Waals surface area contributed by atoms with Gasteiger partial charge in [-0.1, -0.05) is 72.8 Å². The Hall–Kier alpha value is -6.94. The van der Waals surface area contributed by atoms with E-state index in [-0.39, 0.29) is 2.85 Å². The Morgan fingerprint density at radius 2 is 0.980 bits per heavy atom. The molecular formula is C40H38N10. The fourth-order valence-corrected chi connectivity index (χ4v) is 5.39. The van der Waals surface area contributed by atoms with Crippen LogP contribution in [-0.4, -0.2) is 39.5 Å². The van der Waals surface area contributed by atoms with Gasteiger partial charge in [-0.2, -0.15) is 10.2 Å². The van der Waals surface area contributed by atoms with Crippen LogP contribution in [0.15, 0.2) is 158 Å². The quantitative estimate of drug-likeness (QED) is 0.166. The third kappa shape index (κ3) is 7.61. The number of pyridine rings is 4. The normalized spacial score (nSPS) is 10.6. The number of rotatable bonds is 8. The van der Waals surface area contributed by atoms with Crippen molar-refractivity contribution in [1.82, 2.24) is 39.5 Å². The maximum absolute atomic E-state index is 4.52. The van der Waals surface area contributed by atoms with Crippen molar-refractivity contribution in [3.8, 4) is 45.0 Å². The zero-order valence-corrected chi connectivity index (χ0v) is 27.6. The Bertz CT molecular complexity index is 2300. The van der Waals surface area contributed by atoms with E-state index < -0.39 is 0 Å². The van der Waals surface area contributed by atoms with Crippen molar-refractivity contribution < 1.29 is 2.85 Å². The van der Waals surface area contributed by atoms with Crippen LogP contribution < -0.4 is 10.6 Å². The smallest absolute Gasteiger partial charge is 0.154 e. The number of aryl methyl sites for hydroxylation is 2.